The number of amides is 2. The summed E-state index contributed by atoms with van der Waals surface area (Å²) in [6.07, 6.45) is 5.69. The predicted octanol–water partition coefficient (Wildman–Crippen LogP) is 2.28. The molecule has 1 aliphatic carbocycles. The highest BCUT2D eigenvalue weighted by molar-refractivity contribution is 7.89. The molecule has 204 valence electrons. The summed E-state index contributed by atoms with van der Waals surface area (Å²) >= 11 is 0. The van der Waals surface area contributed by atoms with Gasteiger partial charge in [0.2, 0.25) is 10.0 Å². The summed E-state index contributed by atoms with van der Waals surface area (Å²) in [5.41, 5.74) is 1.74. The standard InChI is InChI=1S/C26H38N4O6S/c1-19-17-20(18-29(14-15-31)25(33)34)7-8-21(19)9-16-37(35,36)30-12-10-26(11-13-30)24(32)27-23(28-26)22-5-3-2-4-6-22/h7-8,17,22,31H,2-6,9-16,18H2,1H3,(H,33,34)(H,27,28,32). The van der Waals surface area contributed by atoms with Gasteiger partial charge in [-0.1, -0.05) is 37.5 Å². The Labute approximate surface area is 218 Å². The number of nitrogens with zero attached hydrogens (tertiary/aromatic N) is 3. The van der Waals surface area contributed by atoms with Crippen LogP contribution in [0.1, 0.15) is 61.6 Å². The summed E-state index contributed by atoms with van der Waals surface area (Å²) < 4.78 is 27.7. The molecule has 0 bridgehead atoms. The first-order valence-electron chi connectivity index (χ1n) is 13.2. The van der Waals surface area contributed by atoms with E-state index in [1.807, 2.05) is 19.1 Å². The largest absolute Gasteiger partial charge is 0.465 e. The summed E-state index contributed by atoms with van der Waals surface area (Å²) in [6.45, 7) is 2.38. The van der Waals surface area contributed by atoms with Crippen LogP contribution in [-0.2, 0) is 27.8 Å². The van der Waals surface area contributed by atoms with Gasteiger partial charge >= 0.3 is 6.09 Å². The van der Waals surface area contributed by atoms with Gasteiger partial charge in [-0.25, -0.2) is 17.5 Å². The van der Waals surface area contributed by atoms with E-state index in [0.29, 0.717) is 25.2 Å². The van der Waals surface area contributed by atoms with Gasteiger partial charge in [-0.05, 0) is 55.7 Å². The number of rotatable bonds is 9. The predicted molar refractivity (Wildman–Crippen MR) is 140 cm³/mol. The number of carboxylic acid groups (broad SMARTS) is 1. The number of aliphatic imine (C=N–C) groups is 1. The first kappa shape index (κ1) is 27.5. The van der Waals surface area contributed by atoms with Crippen LogP contribution >= 0.6 is 0 Å². The van der Waals surface area contributed by atoms with Gasteiger partial charge in [0.1, 0.15) is 11.4 Å². The number of hydrogen-bond donors (Lipinski definition) is 3. The average molecular weight is 535 g/mol. The molecule has 1 saturated carbocycles. The van der Waals surface area contributed by atoms with Crippen molar-refractivity contribution in [2.24, 2.45) is 10.9 Å². The number of piperidine rings is 1. The highest BCUT2D eigenvalue weighted by Gasteiger charge is 2.48. The molecule has 0 aromatic heterocycles. The lowest BCUT2D eigenvalue weighted by Gasteiger charge is -2.34. The number of benzene rings is 1. The number of carbonyl (C=O) groups excluding carboxylic acids is 1. The van der Waals surface area contributed by atoms with Crippen LogP contribution in [0.4, 0.5) is 4.79 Å². The number of carbonyl (C=O) groups is 2. The van der Waals surface area contributed by atoms with E-state index in [1.165, 1.54) is 10.7 Å². The van der Waals surface area contributed by atoms with Crippen molar-refractivity contribution in [3.8, 4) is 0 Å². The zero-order chi connectivity index (χ0) is 26.6. The normalized spacial score (nSPS) is 20.6. The smallest absolute Gasteiger partial charge is 0.407 e. The van der Waals surface area contributed by atoms with Gasteiger partial charge in [-0.3, -0.25) is 9.79 Å². The molecule has 0 atom stereocenters. The Balaban J connectivity index is 1.33. The summed E-state index contributed by atoms with van der Waals surface area (Å²) in [5.74, 6) is 1.01. The second kappa shape index (κ2) is 11.5. The minimum atomic E-state index is -3.50. The van der Waals surface area contributed by atoms with Crippen LogP contribution in [0.25, 0.3) is 0 Å². The molecule has 2 amide bonds. The number of nitrogens with one attached hydrogen (secondary N) is 1. The van der Waals surface area contributed by atoms with Gasteiger partial charge in [-0.15, -0.1) is 0 Å². The van der Waals surface area contributed by atoms with Crippen LogP contribution < -0.4 is 5.32 Å². The Morgan fingerprint density at radius 1 is 1.22 bits per heavy atom. The van der Waals surface area contributed by atoms with Crippen LogP contribution in [0, 0.1) is 12.8 Å². The van der Waals surface area contributed by atoms with Crippen molar-refractivity contribution in [1.29, 1.82) is 0 Å². The van der Waals surface area contributed by atoms with E-state index in [0.717, 1.165) is 53.1 Å². The van der Waals surface area contributed by atoms with Crippen molar-refractivity contribution in [2.75, 3.05) is 32.0 Å². The van der Waals surface area contributed by atoms with Crippen molar-refractivity contribution >= 4 is 27.9 Å². The zero-order valence-electron chi connectivity index (χ0n) is 21.5. The molecule has 1 spiro atoms. The SMILES string of the molecule is Cc1cc(CN(CCO)C(=O)O)ccc1CCS(=O)(=O)N1CCC2(CC1)N=C(C1CCCCC1)NC2=O. The molecule has 37 heavy (non-hydrogen) atoms. The van der Waals surface area contributed by atoms with Crippen LogP contribution in [0.3, 0.4) is 0 Å². The monoisotopic (exact) mass is 534 g/mol. The maximum absolute atomic E-state index is 13.1. The Morgan fingerprint density at radius 2 is 1.92 bits per heavy atom. The second-order valence-electron chi connectivity index (χ2n) is 10.5. The van der Waals surface area contributed by atoms with Gasteiger partial charge in [-0.2, -0.15) is 0 Å². The van der Waals surface area contributed by atoms with Crippen molar-refractivity contribution < 1.29 is 28.2 Å². The lowest BCUT2D eigenvalue weighted by Crippen LogP contribution is -2.51. The van der Waals surface area contributed by atoms with Crippen LogP contribution in [0.15, 0.2) is 23.2 Å². The fourth-order valence-corrected chi connectivity index (χ4v) is 7.15. The summed E-state index contributed by atoms with van der Waals surface area (Å²) in [4.78, 5) is 30.1. The van der Waals surface area contributed by atoms with E-state index in [9.17, 15) is 23.1 Å². The van der Waals surface area contributed by atoms with Crippen molar-refractivity contribution in [3.63, 3.8) is 0 Å². The number of sulfonamides is 1. The molecule has 4 rings (SSSR count). The van der Waals surface area contributed by atoms with Gasteiger partial charge in [0, 0.05) is 32.1 Å². The number of aliphatic hydroxyl groups excluding tert-OH is 1. The van der Waals surface area contributed by atoms with Gasteiger partial charge in [0.15, 0.2) is 0 Å². The molecule has 0 radical (unpaired) electrons. The third-order valence-electron chi connectivity index (χ3n) is 7.98. The van der Waals surface area contributed by atoms with E-state index >= 15 is 0 Å². The van der Waals surface area contributed by atoms with E-state index in [-0.39, 0.29) is 44.4 Å². The molecule has 3 N–H and O–H groups in total. The Morgan fingerprint density at radius 3 is 2.54 bits per heavy atom. The molecule has 2 aliphatic heterocycles. The maximum atomic E-state index is 13.1. The minimum Gasteiger partial charge on any atom is -0.465 e. The van der Waals surface area contributed by atoms with Gasteiger partial charge < -0.3 is 20.4 Å². The highest BCUT2D eigenvalue weighted by atomic mass is 32.2. The lowest BCUT2D eigenvalue weighted by molar-refractivity contribution is -0.125. The zero-order valence-corrected chi connectivity index (χ0v) is 22.3. The van der Waals surface area contributed by atoms with Crippen LogP contribution in [0.2, 0.25) is 0 Å². The fourth-order valence-electron chi connectivity index (χ4n) is 5.67. The molecule has 10 nitrogen and oxygen atoms in total. The van der Waals surface area contributed by atoms with E-state index in [2.05, 4.69) is 5.32 Å². The van der Waals surface area contributed by atoms with Crippen LogP contribution in [-0.4, -0.2) is 83.2 Å². The molecule has 0 unspecified atom stereocenters. The third kappa shape index (κ3) is 6.32. The van der Waals surface area contributed by atoms with Gasteiger partial charge in [0.25, 0.3) is 5.91 Å². The first-order chi connectivity index (χ1) is 17.6. The first-order valence-corrected chi connectivity index (χ1v) is 14.8. The molecular weight excluding hydrogens is 496 g/mol. The summed E-state index contributed by atoms with van der Waals surface area (Å²) in [7, 11) is -3.50. The molecule has 1 aromatic rings. The quantitative estimate of drug-likeness (QED) is 0.444. The average Bonchev–Trinajstić information content (AvgIpc) is 3.19. The third-order valence-corrected chi connectivity index (χ3v) is 9.86. The van der Waals surface area contributed by atoms with Crippen molar-refractivity contribution in [3.05, 3.63) is 34.9 Å². The minimum absolute atomic E-state index is 0.0281. The molecule has 2 fully saturated rings. The Bertz CT molecular complexity index is 1140. The van der Waals surface area contributed by atoms with Crippen LogP contribution in [0.5, 0.6) is 0 Å². The molecule has 1 aromatic carbocycles. The molecule has 2 heterocycles. The van der Waals surface area contributed by atoms with E-state index < -0.39 is 21.7 Å². The maximum Gasteiger partial charge on any atom is 0.407 e. The Hall–Kier alpha value is -2.50. The second-order valence-corrected chi connectivity index (χ2v) is 12.6. The number of amidine groups is 1. The van der Waals surface area contributed by atoms with E-state index in [4.69, 9.17) is 10.1 Å². The van der Waals surface area contributed by atoms with Gasteiger partial charge in [0.05, 0.1) is 12.4 Å². The van der Waals surface area contributed by atoms with Crippen molar-refractivity contribution in [2.45, 2.75) is 70.4 Å². The number of aliphatic hydroxyl groups is 1. The number of aryl methyl sites for hydroxylation is 2. The van der Waals surface area contributed by atoms with Crippen molar-refractivity contribution in [1.82, 2.24) is 14.5 Å². The fraction of sp³-hybridized carbons (Fsp3) is 0.654. The molecular formula is C26H38N4O6S. The highest BCUT2D eigenvalue weighted by Crippen LogP contribution is 2.35. The topological polar surface area (TPSA) is 140 Å². The Kier molecular flexibility index (Phi) is 8.55. The molecule has 11 heteroatoms. The lowest BCUT2D eigenvalue weighted by atomic mass is 9.88. The molecule has 1 saturated heterocycles. The summed E-state index contributed by atoms with van der Waals surface area (Å²) in [5, 5.41) is 21.3. The number of hydrogen-bond acceptors (Lipinski definition) is 6. The summed E-state index contributed by atoms with van der Waals surface area (Å²) in [6, 6.07) is 5.50. The van der Waals surface area contributed by atoms with E-state index in [1.54, 1.807) is 6.07 Å². The molecule has 3 aliphatic rings.